The van der Waals surface area contributed by atoms with Gasteiger partial charge in [0.1, 0.15) is 5.52 Å². The lowest BCUT2D eigenvalue weighted by atomic mass is 10.4. The van der Waals surface area contributed by atoms with Crippen molar-refractivity contribution in [3.05, 3.63) is 28.9 Å². The van der Waals surface area contributed by atoms with E-state index in [0.717, 1.165) is 5.52 Å². The van der Waals surface area contributed by atoms with Crippen LogP contribution in [-0.4, -0.2) is 14.1 Å². The van der Waals surface area contributed by atoms with Gasteiger partial charge in [-0.2, -0.15) is 0 Å². The third-order valence-corrected chi connectivity index (χ3v) is 1.94. The Morgan fingerprint density at radius 3 is 2.83 bits per heavy atom. The van der Waals surface area contributed by atoms with Crippen molar-refractivity contribution >= 4 is 11.0 Å². The molecule has 4 heteroatoms. The molecule has 0 unspecified atom stereocenters. The average Bonchev–Trinajstić information content (AvgIpc) is 2.41. The summed E-state index contributed by atoms with van der Waals surface area (Å²) in [6, 6.07) is 1.83. The maximum atomic E-state index is 11.5. The van der Waals surface area contributed by atoms with Crippen LogP contribution in [0.2, 0.25) is 0 Å². The smallest absolute Gasteiger partial charge is 0.276 e. The van der Waals surface area contributed by atoms with Crippen LogP contribution < -0.4 is 5.56 Å². The third-order valence-electron chi connectivity index (χ3n) is 1.94. The van der Waals surface area contributed by atoms with Gasteiger partial charge in [0.25, 0.3) is 5.56 Å². The van der Waals surface area contributed by atoms with Gasteiger partial charge in [-0.1, -0.05) is 0 Å². The molecule has 0 amide bonds. The van der Waals surface area contributed by atoms with Crippen molar-refractivity contribution in [3.8, 4) is 0 Å². The zero-order chi connectivity index (χ0) is 8.72. The van der Waals surface area contributed by atoms with Gasteiger partial charge in [-0.25, -0.2) is 4.98 Å². The third kappa shape index (κ3) is 0.777. The quantitative estimate of drug-likeness (QED) is 0.559. The van der Waals surface area contributed by atoms with E-state index in [2.05, 4.69) is 4.98 Å². The van der Waals surface area contributed by atoms with Crippen molar-refractivity contribution in [2.75, 3.05) is 0 Å². The molecular weight excluding hydrogens is 154 g/mol. The van der Waals surface area contributed by atoms with Crippen molar-refractivity contribution < 1.29 is 0 Å². The summed E-state index contributed by atoms with van der Waals surface area (Å²) in [7, 11) is 3.55. The van der Waals surface area contributed by atoms with E-state index in [-0.39, 0.29) is 5.56 Å². The molecule has 2 aromatic rings. The Bertz CT molecular complexity index is 480. The van der Waals surface area contributed by atoms with Crippen molar-refractivity contribution in [1.82, 2.24) is 14.1 Å². The van der Waals surface area contributed by atoms with E-state index in [4.69, 9.17) is 0 Å². The van der Waals surface area contributed by atoms with Gasteiger partial charge in [0.05, 0.1) is 11.8 Å². The maximum absolute atomic E-state index is 11.5. The second-order valence-electron chi connectivity index (χ2n) is 2.82. The van der Waals surface area contributed by atoms with Crippen molar-refractivity contribution in [3.63, 3.8) is 0 Å². The molecule has 0 aliphatic rings. The molecule has 0 bridgehead atoms. The van der Waals surface area contributed by atoms with Gasteiger partial charge in [-0.15, -0.1) is 0 Å². The minimum Gasteiger partial charge on any atom is -0.329 e. The van der Waals surface area contributed by atoms with Crippen LogP contribution in [0.3, 0.4) is 0 Å². The fraction of sp³-hybridized carbons (Fsp3) is 0.250. The number of pyridine rings is 1. The van der Waals surface area contributed by atoms with E-state index < -0.39 is 0 Å². The molecule has 0 saturated carbocycles. The Labute approximate surface area is 69.1 Å². The molecule has 0 radical (unpaired) electrons. The van der Waals surface area contributed by atoms with Gasteiger partial charge in [0.15, 0.2) is 0 Å². The molecule has 0 N–H and O–H groups in total. The van der Waals surface area contributed by atoms with Gasteiger partial charge >= 0.3 is 0 Å². The number of nitrogens with zero attached hydrogens (tertiary/aromatic N) is 3. The fourth-order valence-electron chi connectivity index (χ4n) is 1.25. The van der Waals surface area contributed by atoms with Crippen molar-refractivity contribution in [2.45, 2.75) is 0 Å². The highest BCUT2D eigenvalue weighted by Gasteiger charge is 2.03. The SMILES string of the molecule is Cn1ccc2ncn(C)c2c1=O. The summed E-state index contributed by atoms with van der Waals surface area (Å²) in [6.07, 6.45) is 3.36. The Morgan fingerprint density at radius 2 is 2.08 bits per heavy atom. The number of imidazole rings is 1. The van der Waals surface area contributed by atoms with Gasteiger partial charge in [-0.05, 0) is 6.07 Å². The van der Waals surface area contributed by atoms with Gasteiger partial charge < -0.3 is 9.13 Å². The summed E-state index contributed by atoms with van der Waals surface area (Å²) in [5, 5.41) is 0. The maximum Gasteiger partial charge on any atom is 0.276 e. The van der Waals surface area contributed by atoms with E-state index in [1.807, 2.05) is 13.1 Å². The molecule has 2 aromatic heterocycles. The van der Waals surface area contributed by atoms with Gasteiger partial charge in [-0.3, -0.25) is 4.79 Å². The van der Waals surface area contributed by atoms with Crippen LogP contribution >= 0.6 is 0 Å². The fourth-order valence-corrected chi connectivity index (χ4v) is 1.25. The van der Waals surface area contributed by atoms with Gasteiger partial charge in [0, 0.05) is 20.3 Å². The zero-order valence-electron chi connectivity index (χ0n) is 6.98. The molecule has 62 valence electrons. The monoisotopic (exact) mass is 163 g/mol. The Morgan fingerprint density at radius 1 is 1.33 bits per heavy atom. The average molecular weight is 163 g/mol. The van der Waals surface area contributed by atoms with Crippen molar-refractivity contribution in [2.24, 2.45) is 14.1 Å². The number of hydrogen-bond donors (Lipinski definition) is 0. The minimum absolute atomic E-state index is 0.00694. The number of rotatable bonds is 0. The first-order valence-electron chi connectivity index (χ1n) is 3.67. The highest BCUT2D eigenvalue weighted by molar-refractivity contribution is 5.73. The summed E-state index contributed by atoms with van der Waals surface area (Å²) >= 11 is 0. The van der Waals surface area contributed by atoms with E-state index in [0.29, 0.717) is 5.52 Å². The van der Waals surface area contributed by atoms with E-state index in [1.165, 1.54) is 0 Å². The van der Waals surface area contributed by atoms with Crippen LogP contribution in [0.1, 0.15) is 0 Å². The predicted molar refractivity (Wildman–Crippen MR) is 46.0 cm³/mol. The van der Waals surface area contributed by atoms with Gasteiger partial charge in [0.2, 0.25) is 0 Å². The number of aromatic nitrogens is 3. The molecule has 0 spiro atoms. The lowest BCUT2D eigenvalue weighted by molar-refractivity contribution is 0.852. The Kier molecular flexibility index (Phi) is 1.30. The van der Waals surface area contributed by atoms with Crippen LogP contribution in [-0.2, 0) is 14.1 Å². The Hall–Kier alpha value is -1.58. The molecular formula is C8H9N3O. The van der Waals surface area contributed by atoms with Crippen molar-refractivity contribution in [1.29, 1.82) is 0 Å². The zero-order valence-corrected chi connectivity index (χ0v) is 6.98. The molecule has 0 saturated heterocycles. The van der Waals surface area contributed by atoms with Crippen LogP contribution in [0.4, 0.5) is 0 Å². The standard InChI is InChI=1S/C8H9N3O/c1-10-4-3-6-7(8(10)12)11(2)5-9-6/h3-5H,1-2H3. The minimum atomic E-state index is -0.00694. The molecule has 2 heterocycles. The number of aryl methyl sites for hydroxylation is 2. The summed E-state index contributed by atoms with van der Waals surface area (Å²) in [4.78, 5) is 15.6. The number of hydrogen-bond acceptors (Lipinski definition) is 2. The van der Waals surface area contributed by atoms with Crippen LogP contribution in [0.5, 0.6) is 0 Å². The number of fused-ring (bicyclic) bond motifs is 1. The highest BCUT2D eigenvalue weighted by Crippen LogP contribution is 2.03. The van der Waals surface area contributed by atoms with E-state index >= 15 is 0 Å². The molecule has 2 rings (SSSR count). The molecule has 0 fully saturated rings. The molecule has 0 aliphatic carbocycles. The molecule has 0 atom stereocenters. The summed E-state index contributed by atoms with van der Waals surface area (Å²) in [5.74, 6) is 0. The normalized spacial score (nSPS) is 10.8. The second kappa shape index (κ2) is 2.20. The van der Waals surface area contributed by atoms with E-state index in [1.54, 1.807) is 28.7 Å². The highest BCUT2D eigenvalue weighted by atomic mass is 16.1. The van der Waals surface area contributed by atoms with Crippen LogP contribution in [0, 0.1) is 0 Å². The topological polar surface area (TPSA) is 39.8 Å². The van der Waals surface area contributed by atoms with E-state index in [9.17, 15) is 4.79 Å². The van der Waals surface area contributed by atoms with Crippen LogP contribution in [0.15, 0.2) is 23.4 Å². The first-order valence-corrected chi connectivity index (χ1v) is 3.67. The second-order valence-corrected chi connectivity index (χ2v) is 2.82. The summed E-state index contributed by atoms with van der Waals surface area (Å²) in [5.41, 5.74) is 1.40. The summed E-state index contributed by atoms with van der Waals surface area (Å²) < 4.78 is 3.28. The lowest BCUT2D eigenvalue weighted by Gasteiger charge is -1.96. The first kappa shape index (κ1) is 7.09. The lowest BCUT2D eigenvalue weighted by Crippen LogP contribution is -2.17. The molecule has 0 aromatic carbocycles. The molecule has 4 nitrogen and oxygen atoms in total. The predicted octanol–water partition coefficient (Wildman–Crippen LogP) is 0.272. The molecule has 12 heavy (non-hydrogen) atoms. The Balaban J connectivity index is 3.06. The first-order chi connectivity index (χ1) is 5.70. The summed E-state index contributed by atoms with van der Waals surface area (Å²) in [6.45, 7) is 0. The van der Waals surface area contributed by atoms with Crippen LogP contribution in [0.25, 0.3) is 11.0 Å². The largest absolute Gasteiger partial charge is 0.329 e. The molecule has 0 aliphatic heterocycles.